The van der Waals surface area contributed by atoms with E-state index in [1.165, 1.54) is 5.56 Å². The van der Waals surface area contributed by atoms with E-state index in [4.69, 9.17) is 6.57 Å². The zero-order valence-corrected chi connectivity index (χ0v) is 8.48. The van der Waals surface area contributed by atoms with Crippen LogP contribution in [0.2, 0.25) is 0 Å². The number of nitrogens with zero attached hydrogens (tertiary/aromatic N) is 2. The van der Waals surface area contributed by atoms with Gasteiger partial charge in [0.2, 0.25) is 6.04 Å². The number of rotatable bonds is 1. The van der Waals surface area contributed by atoms with E-state index in [9.17, 15) is 0 Å². The van der Waals surface area contributed by atoms with Crippen LogP contribution in [-0.4, -0.2) is 23.1 Å². The molecule has 3 rings (SSSR count). The van der Waals surface area contributed by atoms with E-state index < -0.39 is 0 Å². The Hall–Kier alpha value is -1.40. The normalized spacial score (nSPS) is 31.4. The highest BCUT2D eigenvalue weighted by molar-refractivity contribution is 5.31. The van der Waals surface area contributed by atoms with E-state index in [0.717, 1.165) is 19.4 Å². The van der Waals surface area contributed by atoms with Gasteiger partial charge in [-0.1, -0.05) is 6.07 Å². The van der Waals surface area contributed by atoms with Crippen molar-refractivity contribution in [3.63, 3.8) is 0 Å². The predicted molar refractivity (Wildman–Crippen MR) is 57.3 cm³/mol. The summed E-state index contributed by atoms with van der Waals surface area (Å²) in [7, 11) is 0. The third-order valence-corrected chi connectivity index (χ3v) is 3.66. The number of hydrogen-bond acceptors (Lipinski definition) is 2. The Morgan fingerprint density at radius 1 is 1.53 bits per heavy atom. The molecule has 2 atom stereocenters. The molecule has 0 bridgehead atoms. The van der Waals surface area contributed by atoms with Crippen molar-refractivity contribution in [1.29, 1.82) is 0 Å². The molecule has 1 N–H and O–H groups in total. The number of hydrogen-bond donors (Lipinski definition) is 1. The van der Waals surface area contributed by atoms with Crippen LogP contribution in [0.4, 0.5) is 0 Å². The average Bonchev–Trinajstić information content (AvgIpc) is 2.95. The molecule has 2 heterocycles. The van der Waals surface area contributed by atoms with Gasteiger partial charge in [0.25, 0.3) is 0 Å². The third kappa shape index (κ3) is 1.25. The molecule has 1 aliphatic carbocycles. The molecule has 2 fully saturated rings. The standard InChI is InChI=1S/C12H13N3/c1-13-11-10(8-15-12(11)4-5-12)9-3-2-6-14-7-9/h2-3,6-7,10-11,15H,4-5,8H2/t10?,11-/m0/s1. The topological polar surface area (TPSA) is 29.3 Å². The highest BCUT2D eigenvalue weighted by atomic mass is 15.1. The Labute approximate surface area is 89.3 Å². The highest BCUT2D eigenvalue weighted by Crippen LogP contribution is 2.49. The van der Waals surface area contributed by atoms with E-state index in [0.29, 0.717) is 5.92 Å². The minimum Gasteiger partial charge on any atom is -0.311 e. The molecule has 1 spiro atoms. The number of nitrogens with one attached hydrogen (secondary N) is 1. The minimum absolute atomic E-state index is 0.113. The first-order chi connectivity index (χ1) is 7.36. The first kappa shape index (κ1) is 8.87. The summed E-state index contributed by atoms with van der Waals surface area (Å²) >= 11 is 0. The van der Waals surface area contributed by atoms with Crippen molar-refractivity contribution in [1.82, 2.24) is 10.3 Å². The van der Waals surface area contributed by atoms with Crippen molar-refractivity contribution >= 4 is 0 Å². The molecule has 3 heteroatoms. The maximum Gasteiger partial charge on any atom is 0.249 e. The van der Waals surface area contributed by atoms with Crippen LogP contribution in [0.3, 0.4) is 0 Å². The molecule has 1 saturated carbocycles. The van der Waals surface area contributed by atoms with Crippen LogP contribution >= 0.6 is 0 Å². The van der Waals surface area contributed by atoms with Crippen LogP contribution in [0.5, 0.6) is 0 Å². The molecular weight excluding hydrogens is 186 g/mol. The second-order valence-corrected chi connectivity index (χ2v) is 4.50. The van der Waals surface area contributed by atoms with Gasteiger partial charge in [-0.25, -0.2) is 6.57 Å². The summed E-state index contributed by atoms with van der Waals surface area (Å²) in [6, 6.07) is 4.15. The fourth-order valence-corrected chi connectivity index (χ4v) is 2.63. The van der Waals surface area contributed by atoms with Crippen LogP contribution in [0.1, 0.15) is 24.3 Å². The Kier molecular flexibility index (Phi) is 1.80. The molecule has 1 aliphatic heterocycles. The van der Waals surface area contributed by atoms with E-state index in [1.807, 2.05) is 12.3 Å². The van der Waals surface area contributed by atoms with Gasteiger partial charge in [-0.05, 0) is 24.5 Å². The molecule has 2 aliphatic rings. The van der Waals surface area contributed by atoms with Crippen LogP contribution in [0, 0.1) is 6.57 Å². The monoisotopic (exact) mass is 199 g/mol. The molecule has 0 amide bonds. The first-order valence-electron chi connectivity index (χ1n) is 5.37. The molecule has 15 heavy (non-hydrogen) atoms. The van der Waals surface area contributed by atoms with Crippen molar-refractivity contribution in [2.24, 2.45) is 0 Å². The van der Waals surface area contributed by atoms with Crippen molar-refractivity contribution < 1.29 is 0 Å². The lowest BCUT2D eigenvalue weighted by Crippen LogP contribution is -2.31. The molecule has 1 unspecified atom stereocenters. The van der Waals surface area contributed by atoms with Gasteiger partial charge in [-0.2, -0.15) is 0 Å². The molecular formula is C12H13N3. The van der Waals surface area contributed by atoms with Gasteiger partial charge in [-0.3, -0.25) is 4.98 Å². The largest absolute Gasteiger partial charge is 0.311 e. The molecule has 1 aromatic rings. The lowest BCUT2D eigenvalue weighted by atomic mass is 9.92. The Morgan fingerprint density at radius 3 is 3.00 bits per heavy atom. The molecule has 1 saturated heterocycles. The molecule has 3 nitrogen and oxygen atoms in total. The van der Waals surface area contributed by atoms with Gasteiger partial charge in [0.05, 0.1) is 11.5 Å². The van der Waals surface area contributed by atoms with Gasteiger partial charge in [0.1, 0.15) is 0 Å². The summed E-state index contributed by atoms with van der Waals surface area (Å²) in [6.07, 6.45) is 6.01. The zero-order chi connectivity index (χ0) is 10.3. The Balaban J connectivity index is 1.92. The smallest absolute Gasteiger partial charge is 0.249 e. The molecule has 1 aromatic heterocycles. The van der Waals surface area contributed by atoms with E-state index in [-0.39, 0.29) is 11.6 Å². The first-order valence-corrected chi connectivity index (χ1v) is 5.37. The van der Waals surface area contributed by atoms with Crippen molar-refractivity contribution in [3.05, 3.63) is 41.5 Å². The van der Waals surface area contributed by atoms with Crippen molar-refractivity contribution in [2.45, 2.75) is 30.3 Å². The van der Waals surface area contributed by atoms with E-state index >= 15 is 0 Å². The SMILES string of the molecule is [C-]#[N+][C@H]1C(c2cccnc2)CNC12CC2. The zero-order valence-electron chi connectivity index (χ0n) is 8.48. The molecule has 76 valence electrons. The van der Waals surface area contributed by atoms with Crippen LogP contribution < -0.4 is 5.32 Å². The van der Waals surface area contributed by atoms with Crippen LogP contribution in [0.15, 0.2) is 24.5 Å². The van der Waals surface area contributed by atoms with Gasteiger partial charge < -0.3 is 10.2 Å². The Morgan fingerprint density at radius 2 is 2.40 bits per heavy atom. The van der Waals surface area contributed by atoms with Crippen LogP contribution in [0.25, 0.3) is 4.85 Å². The predicted octanol–water partition coefficient (Wildman–Crippen LogP) is 1.59. The second-order valence-electron chi connectivity index (χ2n) is 4.50. The van der Waals surface area contributed by atoms with Crippen molar-refractivity contribution in [3.8, 4) is 0 Å². The third-order valence-electron chi connectivity index (χ3n) is 3.66. The van der Waals surface area contributed by atoms with E-state index in [1.54, 1.807) is 6.20 Å². The second kappa shape index (κ2) is 3.04. The molecule has 0 radical (unpaired) electrons. The van der Waals surface area contributed by atoms with Gasteiger partial charge in [0, 0.05) is 18.9 Å². The molecule has 0 aromatic carbocycles. The maximum atomic E-state index is 7.34. The van der Waals surface area contributed by atoms with E-state index in [2.05, 4.69) is 21.2 Å². The number of pyridine rings is 1. The lowest BCUT2D eigenvalue weighted by Gasteiger charge is -2.11. The van der Waals surface area contributed by atoms with Gasteiger partial charge in [-0.15, -0.1) is 0 Å². The number of aromatic nitrogens is 1. The van der Waals surface area contributed by atoms with Crippen molar-refractivity contribution in [2.75, 3.05) is 6.54 Å². The summed E-state index contributed by atoms with van der Waals surface area (Å²) in [5.74, 6) is 0.332. The minimum atomic E-state index is 0.113. The highest BCUT2D eigenvalue weighted by Gasteiger charge is 2.61. The Bertz CT molecular complexity index is 403. The summed E-state index contributed by atoms with van der Waals surface area (Å²) < 4.78 is 0. The lowest BCUT2D eigenvalue weighted by molar-refractivity contribution is 0.564. The fourth-order valence-electron chi connectivity index (χ4n) is 2.63. The van der Waals surface area contributed by atoms with Crippen LogP contribution in [-0.2, 0) is 0 Å². The summed E-state index contributed by atoms with van der Waals surface area (Å²) in [4.78, 5) is 7.96. The summed E-state index contributed by atoms with van der Waals surface area (Å²) in [5, 5.41) is 3.52. The quantitative estimate of drug-likeness (QED) is 0.696. The van der Waals surface area contributed by atoms with Gasteiger partial charge in [0.15, 0.2) is 0 Å². The van der Waals surface area contributed by atoms with Gasteiger partial charge >= 0.3 is 0 Å². The average molecular weight is 199 g/mol. The maximum absolute atomic E-state index is 7.34. The fraction of sp³-hybridized carbons (Fsp3) is 0.500. The summed E-state index contributed by atoms with van der Waals surface area (Å²) in [6.45, 7) is 8.27. The summed E-state index contributed by atoms with van der Waals surface area (Å²) in [5.41, 5.74) is 1.36.